The van der Waals surface area contributed by atoms with Crippen LogP contribution in [0.1, 0.15) is 10.6 Å². The van der Waals surface area contributed by atoms with Gasteiger partial charge in [-0.2, -0.15) is 0 Å². The molecule has 1 heterocycles. The van der Waals surface area contributed by atoms with Crippen LogP contribution >= 0.6 is 50.7 Å². The Balaban J connectivity index is 1.95. The second kappa shape index (κ2) is 6.13. The van der Waals surface area contributed by atoms with Crippen LogP contribution in [0.15, 0.2) is 45.3 Å². The molecule has 2 aromatic carbocycles. The molecule has 0 saturated heterocycles. The van der Waals surface area contributed by atoms with Gasteiger partial charge in [0.25, 0.3) is 5.91 Å². The lowest BCUT2D eigenvalue weighted by Gasteiger charge is -2.08. The van der Waals surface area contributed by atoms with Gasteiger partial charge in [0.15, 0.2) is 5.76 Å². The fraction of sp³-hybridized carbons (Fsp3) is 0. The highest BCUT2D eigenvalue weighted by molar-refractivity contribution is 9.10. The lowest BCUT2D eigenvalue weighted by atomic mass is 10.2. The van der Waals surface area contributed by atoms with E-state index in [9.17, 15) is 4.79 Å². The van der Waals surface area contributed by atoms with E-state index in [4.69, 9.17) is 39.2 Å². The summed E-state index contributed by atoms with van der Waals surface area (Å²) in [7, 11) is 0. The van der Waals surface area contributed by atoms with Crippen LogP contribution in [-0.4, -0.2) is 5.91 Å². The van der Waals surface area contributed by atoms with E-state index in [1.807, 2.05) is 12.1 Å². The van der Waals surface area contributed by atoms with E-state index in [2.05, 4.69) is 21.2 Å². The molecule has 7 heteroatoms. The highest BCUT2D eigenvalue weighted by Gasteiger charge is 2.17. The molecular formula is C15H7BrCl3NO2. The maximum absolute atomic E-state index is 12.3. The van der Waals surface area contributed by atoms with Crippen LogP contribution < -0.4 is 5.32 Å². The van der Waals surface area contributed by atoms with Crippen LogP contribution in [0.2, 0.25) is 15.1 Å². The fourth-order valence-electron chi connectivity index (χ4n) is 1.97. The first-order valence-electron chi connectivity index (χ1n) is 6.09. The van der Waals surface area contributed by atoms with Gasteiger partial charge in [-0.1, -0.05) is 56.8 Å². The molecule has 0 fully saturated rings. The topological polar surface area (TPSA) is 42.2 Å². The zero-order valence-electron chi connectivity index (χ0n) is 10.8. The summed E-state index contributed by atoms with van der Waals surface area (Å²) in [5.74, 6) is -0.293. The zero-order chi connectivity index (χ0) is 15.9. The maximum atomic E-state index is 12.3. The number of benzene rings is 2. The van der Waals surface area contributed by atoms with Crippen molar-refractivity contribution >= 4 is 73.3 Å². The van der Waals surface area contributed by atoms with E-state index < -0.39 is 5.91 Å². The number of furan rings is 1. The molecule has 1 N–H and O–H groups in total. The smallest absolute Gasteiger partial charge is 0.291 e. The van der Waals surface area contributed by atoms with Gasteiger partial charge in [0.05, 0.1) is 15.7 Å². The molecule has 1 aromatic heterocycles. The van der Waals surface area contributed by atoms with Crippen molar-refractivity contribution in [3.63, 3.8) is 0 Å². The fourth-order valence-corrected chi connectivity index (χ4v) is 3.35. The van der Waals surface area contributed by atoms with Gasteiger partial charge in [-0.15, -0.1) is 0 Å². The van der Waals surface area contributed by atoms with Gasteiger partial charge in [0.2, 0.25) is 0 Å². The van der Waals surface area contributed by atoms with E-state index in [0.29, 0.717) is 10.6 Å². The van der Waals surface area contributed by atoms with Crippen molar-refractivity contribution in [3.05, 3.63) is 61.7 Å². The molecule has 0 aliphatic carbocycles. The van der Waals surface area contributed by atoms with Crippen LogP contribution in [0.5, 0.6) is 0 Å². The molecule has 0 aliphatic heterocycles. The Morgan fingerprint density at radius 2 is 1.77 bits per heavy atom. The largest absolute Gasteiger partial charge is 0.451 e. The predicted molar refractivity (Wildman–Crippen MR) is 93.3 cm³/mol. The number of nitrogens with one attached hydrogen (secondary N) is 1. The molecule has 0 spiro atoms. The number of fused-ring (bicyclic) bond motifs is 1. The highest BCUT2D eigenvalue weighted by atomic mass is 79.9. The second-order valence-electron chi connectivity index (χ2n) is 4.46. The van der Waals surface area contributed by atoms with Crippen molar-refractivity contribution in [3.8, 4) is 0 Å². The molecule has 22 heavy (non-hydrogen) atoms. The second-order valence-corrected chi connectivity index (χ2v) is 6.57. The number of hydrogen-bond donors (Lipinski definition) is 1. The van der Waals surface area contributed by atoms with Gasteiger partial charge < -0.3 is 9.73 Å². The number of anilines is 1. The predicted octanol–water partition coefficient (Wildman–Crippen LogP) is 6.41. The van der Waals surface area contributed by atoms with Gasteiger partial charge in [-0.3, -0.25) is 4.79 Å². The molecule has 0 aliphatic rings. The average Bonchev–Trinajstić information content (AvgIpc) is 2.88. The SMILES string of the molecule is O=C(Nc1c(Cl)cc(Cl)cc1Cl)c1cc2c(Br)cccc2o1. The molecule has 112 valence electrons. The van der Waals surface area contributed by atoms with Crippen LogP contribution in [0.4, 0.5) is 5.69 Å². The molecule has 0 saturated carbocycles. The molecule has 3 rings (SSSR count). The van der Waals surface area contributed by atoms with Crippen molar-refractivity contribution in [2.24, 2.45) is 0 Å². The third-order valence-corrected chi connectivity index (χ3v) is 4.48. The summed E-state index contributed by atoms with van der Waals surface area (Å²) in [6.07, 6.45) is 0. The van der Waals surface area contributed by atoms with Gasteiger partial charge in [-0.05, 0) is 30.3 Å². The summed E-state index contributed by atoms with van der Waals surface area (Å²) >= 11 is 21.3. The third kappa shape index (κ3) is 2.97. The van der Waals surface area contributed by atoms with Crippen LogP contribution in [0.3, 0.4) is 0 Å². The lowest BCUT2D eigenvalue weighted by Crippen LogP contribution is -2.11. The molecule has 0 atom stereocenters. The Bertz CT molecular complexity index is 869. The Kier molecular flexibility index (Phi) is 4.37. The molecule has 0 bridgehead atoms. The van der Waals surface area contributed by atoms with Crippen molar-refractivity contribution in [1.29, 1.82) is 0 Å². The van der Waals surface area contributed by atoms with Crippen LogP contribution in [0.25, 0.3) is 11.0 Å². The highest BCUT2D eigenvalue weighted by Crippen LogP contribution is 2.34. The molecule has 3 nitrogen and oxygen atoms in total. The number of hydrogen-bond acceptors (Lipinski definition) is 2. The minimum atomic E-state index is -0.450. The number of rotatable bonds is 2. The Labute approximate surface area is 149 Å². The van der Waals surface area contributed by atoms with Crippen LogP contribution in [0, 0.1) is 0 Å². The molecule has 3 aromatic rings. The molecule has 1 amide bonds. The summed E-state index contributed by atoms with van der Waals surface area (Å²) in [6.45, 7) is 0. The Hall–Kier alpha value is -1.20. The zero-order valence-corrected chi connectivity index (χ0v) is 14.6. The minimum absolute atomic E-state index is 0.156. The Morgan fingerprint density at radius 3 is 2.41 bits per heavy atom. The Morgan fingerprint density at radius 1 is 1.09 bits per heavy atom. The minimum Gasteiger partial charge on any atom is -0.451 e. The lowest BCUT2D eigenvalue weighted by molar-refractivity contribution is 0.0998. The van der Waals surface area contributed by atoms with Gasteiger partial charge in [0.1, 0.15) is 5.58 Å². The standard InChI is InChI=1S/C15H7BrCl3NO2/c16-9-2-1-3-12-8(9)6-13(22-12)15(21)20-14-10(18)4-7(17)5-11(14)19/h1-6H,(H,20,21). The van der Waals surface area contributed by atoms with E-state index in [1.54, 1.807) is 12.1 Å². The van der Waals surface area contributed by atoms with Crippen molar-refractivity contribution < 1.29 is 9.21 Å². The number of carbonyl (C=O) groups is 1. The first-order valence-corrected chi connectivity index (χ1v) is 8.02. The first kappa shape index (κ1) is 15.7. The van der Waals surface area contributed by atoms with Gasteiger partial charge in [-0.25, -0.2) is 0 Å². The van der Waals surface area contributed by atoms with E-state index in [-0.39, 0.29) is 21.5 Å². The van der Waals surface area contributed by atoms with E-state index in [0.717, 1.165) is 9.86 Å². The maximum Gasteiger partial charge on any atom is 0.291 e. The number of halogens is 4. The quantitative estimate of drug-likeness (QED) is 0.522. The summed E-state index contributed by atoms with van der Waals surface area (Å²) in [5, 5.41) is 4.33. The monoisotopic (exact) mass is 417 g/mol. The molecular weight excluding hydrogens is 412 g/mol. The molecule has 0 unspecified atom stereocenters. The van der Waals surface area contributed by atoms with Crippen molar-refractivity contribution in [1.82, 2.24) is 0 Å². The summed E-state index contributed by atoms with van der Waals surface area (Å²) < 4.78 is 6.37. The van der Waals surface area contributed by atoms with Crippen molar-refractivity contribution in [2.45, 2.75) is 0 Å². The third-order valence-electron chi connectivity index (χ3n) is 2.98. The summed E-state index contributed by atoms with van der Waals surface area (Å²) in [6, 6.07) is 10.1. The first-order chi connectivity index (χ1) is 10.5. The number of carbonyl (C=O) groups excluding carboxylic acids is 1. The van der Waals surface area contributed by atoms with Gasteiger partial charge >= 0.3 is 0 Å². The van der Waals surface area contributed by atoms with Gasteiger partial charge in [0, 0.05) is 14.9 Å². The molecule has 0 radical (unpaired) electrons. The van der Waals surface area contributed by atoms with Crippen LogP contribution in [-0.2, 0) is 0 Å². The normalized spacial score (nSPS) is 10.9. The number of amides is 1. The van der Waals surface area contributed by atoms with E-state index in [1.165, 1.54) is 12.1 Å². The summed E-state index contributed by atoms with van der Waals surface area (Å²) in [5.41, 5.74) is 0.894. The van der Waals surface area contributed by atoms with E-state index >= 15 is 0 Å². The summed E-state index contributed by atoms with van der Waals surface area (Å²) in [4.78, 5) is 12.3. The van der Waals surface area contributed by atoms with Crippen molar-refractivity contribution in [2.75, 3.05) is 5.32 Å². The average molecular weight is 419 g/mol.